The van der Waals surface area contributed by atoms with E-state index in [9.17, 15) is 9.59 Å². The molecule has 6 nitrogen and oxygen atoms in total. The zero-order chi connectivity index (χ0) is 22.8. The van der Waals surface area contributed by atoms with Crippen molar-refractivity contribution in [2.45, 2.75) is 32.6 Å². The highest BCUT2D eigenvalue weighted by molar-refractivity contribution is 7.10. The Bertz CT molecular complexity index is 1380. The van der Waals surface area contributed by atoms with Gasteiger partial charge in [0.15, 0.2) is 0 Å². The summed E-state index contributed by atoms with van der Waals surface area (Å²) in [4.78, 5) is 27.5. The van der Waals surface area contributed by atoms with Crippen LogP contribution in [0.2, 0.25) is 0 Å². The van der Waals surface area contributed by atoms with E-state index in [0.29, 0.717) is 11.1 Å². The van der Waals surface area contributed by atoms with Gasteiger partial charge < -0.3 is 0 Å². The quantitative estimate of drug-likeness (QED) is 0.351. The fourth-order valence-corrected chi connectivity index (χ4v) is 5.48. The van der Waals surface area contributed by atoms with Crippen LogP contribution >= 0.6 is 11.3 Å². The van der Waals surface area contributed by atoms with Crippen molar-refractivity contribution >= 4 is 23.5 Å². The van der Waals surface area contributed by atoms with Crippen LogP contribution in [0, 0.1) is 6.92 Å². The molecular weight excluding hydrogens is 432 g/mol. The second-order valence-corrected chi connectivity index (χ2v) is 9.02. The SMILES string of the molecule is Cc1c(C=NNC(=O)c2csc3c2CCCC3)c(=O)n(-c2ccccc2)n1-c1ccccc1. The maximum atomic E-state index is 13.4. The van der Waals surface area contributed by atoms with Gasteiger partial charge in [0, 0.05) is 10.3 Å². The lowest BCUT2D eigenvalue weighted by Crippen LogP contribution is -2.22. The van der Waals surface area contributed by atoms with Crippen molar-refractivity contribution in [2.75, 3.05) is 0 Å². The summed E-state index contributed by atoms with van der Waals surface area (Å²) < 4.78 is 3.50. The smallest absolute Gasteiger partial charge is 0.267 e. The van der Waals surface area contributed by atoms with Gasteiger partial charge in [-0.2, -0.15) is 5.10 Å². The number of fused-ring (bicyclic) bond motifs is 1. The van der Waals surface area contributed by atoms with Crippen LogP contribution in [-0.4, -0.2) is 21.5 Å². The van der Waals surface area contributed by atoms with Gasteiger partial charge in [-0.25, -0.2) is 14.8 Å². The number of thiophene rings is 1. The highest BCUT2D eigenvalue weighted by atomic mass is 32.1. The molecule has 2 heterocycles. The van der Waals surface area contributed by atoms with E-state index >= 15 is 0 Å². The van der Waals surface area contributed by atoms with Gasteiger partial charge in [0.1, 0.15) is 0 Å². The Balaban J connectivity index is 1.49. The van der Waals surface area contributed by atoms with Crippen LogP contribution < -0.4 is 11.0 Å². The van der Waals surface area contributed by atoms with Crippen LogP contribution in [0.4, 0.5) is 0 Å². The van der Waals surface area contributed by atoms with Gasteiger partial charge in [-0.05, 0) is 62.4 Å². The zero-order valence-corrected chi connectivity index (χ0v) is 19.1. The third-order valence-corrected chi connectivity index (χ3v) is 7.09. The maximum Gasteiger partial charge on any atom is 0.280 e. The van der Waals surface area contributed by atoms with Gasteiger partial charge in [0.05, 0.1) is 34.4 Å². The van der Waals surface area contributed by atoms with E-state index in [1.54, 1.807) is 16.0 Å². The molecule has 2 aromatic carbocycles. The highest BCUT2D eigenvalue weighted by Crippen LogP contribution is 2.30. The fourth-order valence-electron chi connectivity index (χ4n) is 4.35. The molecule has 2 aromatic heterocycles. The Kier molecular flexibility index (Phi) is 5.79. The van der Waals surface area contributed by atoms with E-state index < -0.39 is 0 Å². The second kappa shape index (κ2) is 9.03. The van der Waals surface area contributed by atoms with Crippen molar-refractivity contribution in [1.82, 2.24) is 14.8 Å². The van der Waals surface area contributed by atoms with E-state index in [1.165, 1.54) is 17.5 Å². The first-order chi connectivity index (χ1) is 16.1. The summed E-state index contributed by atoms with van der Waals surface area (Å²) in [6, 6.07) is 19.2. The monoisotopic (exact) mass is 456 g/mol. The van der Waals surface area contributed by atoms with E-state index in [-0.39, 0.29) is 11.5 Å². The Labute approximate surface area is 195 Å². The van der Waals surface area contributed by atoms with Gasteiger partial charge in [-0.3, -0.25) is 9.59 Å². The Morgan fingerprint density at radius 2 is 1.61 bits per heavy atom. The number of carbonyl (C=O) groups excluding carboxylic acids is 1. The molecule has 1 amide bonds. The number of amides is 1. The van der Waals surface area contributed by atoms with Gasteiger partial charge in [-0.15, -0.1) is 11.3 Å². The summed E-state index contributed by atoms with van der Waals surface area (Å²) >= 11 is 1.65. The largest absolute Gasteiger partial charge is 0.280 e. The minimum Gasteiger partial charge on any atom is -0.267 e. The predicted molar refractivity (Wildman–Crippen MR) is 132 cm³/mol. The second-order valence-electron chi connectivity index (χ2n) is 8.06. The summed E-state index contributed by atoms with van der Waals surface area (Å²) in [7, 11) is 0. The molecular formula is C26H24N4O2S. The summed E-state index contributed by atoms with van der Waals surface area (Å²) in [5.74, 6) is -0.228. The molecule has 0 atom stereocenters. The number of aromatic nitrogens is 2. The number of hydrazone groups is 1. The molecule has 5 rings (SSSR count). The number of benzene rings is 2. The summed E-state index contributed by atoms with van der Waals surface area (Å²) in [5.41, 5.74) is 7.06. The molecule has 0 unspecified atom stereocenters. The number of nitrogens with zero attached hydrogens (tertiary/aromatic N) is 3. The number of carbonyl (C=O) groups is 1. The van der Waals surface area contributed by atoms with Crippen molar-refractivity contribution < 1.29 is 4.79 Å². The molecule has 0 bridgehead atoms. The van der Waals surface area contributed by atoms with Crippen LogP contribution in [0.25, 0.3) is 11.4 Å². The lowest BCUT2D eigenvalue weighted by Gasteiger charge is -2.13. The molecule has 0 saturated carbocycles. The zero-order valence-electron chi connectivity index (χ0n) is 18.3. The molecule has 1 aliphatic rings. The maximum absolute atomic E-state index is 13.4. The van der Waals surface area contributed by atoms with Crippen LogP contribution in [0.15, 0.2) is 75.9 Å². The predicted octanol–water partition coefficient (Wildman–Crippen LogP) is 4.64. The van der Waals surface area contributed by atoms with Crippen molar-refractivity contribution in [3.05, 3.63) is 104 Å². The Morgan fingerprint density at radius 1 is 0.970 bits per heavy atom. The number of hydrogen-bond donors (Lipinski definition) is 1. The number of rotatable bonds is 5. The van der Waals surface area contributed by atoms with Crippen LogP contribution in [0.5, 0.6) is 0 Å². The van der Waals surface area contributed by atoms with Crippen LogP contribution in [0.1, 0.15) is 44.9 Å². The van der Waals surface area contributed by atoms with Gasteiger partial charge in [0.2, 0.25) is 0 Å². The first-order valence-corrected chi connectivity index (χ1v) is 11.9. The molecule has 1 aliphatic carbocycles. The number of nitrogens with one attached hydrogen (secondary N) is 1. The first kappa shape index (κ1) is 21.2. The molecule has 4 aromatic rings. The standard InChI is InChI=1S/C26H24N4O2S/c1-18-22(16-27-28-25(31)23-17-33-24-15-9-8-14-21(23)24)26(32)30(20-12-6-3-7-13-20)29(18)19-10-4-2-5-11-19/h2-7,10-13,16-17H,8-9,14-15H2,1H3,(H,28,31). The molecule has 33 heavy (non-hydrogen) atoms. The van der Waals surface area contributed by atoms with E-state index in [4.69, 9.17) is 0 Å². The van der Waals surface area contributed by atoms with Gasteiger partial charge in [-0.1, -0.05) is 36.4 Å². The van der Waals surface area contributed by atoms with Crippen LogP contribution in [-0.2, 0) is 12.8 Å². The van der Waals surface area contributed by atoms with Crippen molar-refractivity contribution in [3.63, 3.8) is 0 Å². The highest BCUT2D eigenvalue weighted by Gasteiger charge is 2.21. The summed E-state index contributed by atoms with van der Waals surface area (Å²) in [6.45, 7) is 1.88. The number of aryl methyl sites for hydroxylation is 1. The first-order valence-electron chi connectivity index (χ1n) is 11.0. The van der Waals surface area contributed by atoms with E-state index in [0.717, 1.165) is 41.9 Å². The molecule has 0 radical (unpaired) electrons. The molecule has 1 N–H and O–H groups in total. The van der Waals surface area contributed by atoms with Crippen molar-refractivity contribution in [3.8, 4) is 11.4 Å². The number of para-hydroxylation sites is 2. The Hall–Kier alpha value is -3.71. The topological polar surface area (TPSA) is 68.4 Å². The average Bonchev–Trinajstić information content (AvgIpc) is 3.39. The molecule has 7 heteroatoms. The lowest BCUT2D eigenvalue weighted by atomic mass is 9.96. The average molecular weight is 457 g/mol. The molecule has 0 saturated heterocycles. The molecule has 166 valence electrons. The van der Waals surface area contributed by atoms with Crippen molar-refractivity contribution in [2.24, 2.45) is 5.10 Å². The van der Waals surface area contributed by atoms with Gasteiger partial charge >= 0.3 is 0 Å². The lowest BCUT2D eigenvalue weighted by molar-refractivity contribution is 0.0954. The summed E-state index contributed by atoms with van der Waals surface area (Å²) in [6.07, 6.45) is 5.72. The normalized spacial score (nSPS) is 13.2. The minimum absolute atomic E-state index is 0.200. The fraction of sp³-hybridized carbons (Fsp3) is 0.192. The van der Waals surface area contributed by atoms with E-state index in [2.05, 4.69) is 10.5 Å². The third kappa shape index (κ3) is 3.96. The van der Waals surface area contributed by atoms with Crippen LogP contribution in [0.3, 0.4) is 0 Å². The molecule has 0 spiro atoms. The molecule has 0 aliphatic heterocycles. The third-order valence-electron chi connectivity index (χ3n) is 6.00. The van der Waals surface area contributed by atoms with Gasteiger partial charge in [0.25, 0.3) is 11.5 Å². The number of hydrogen-bond acceptors (Lipinski definition) is 4. The minimum atomic E-state index is -0.228. The Morgan fingerprint density at radius 3 is 2.30 bits per heavy atom. The summed E-state index contributed by atoms with van der Waals surface area (Å²) in [5, 5.41) is 6.08. The molecule has 0 fully saturated rings. The van der Waals surface area contributed by atoms with E-state index in [1.807, 2.05) is 77.6 Å². The van der Waals surface area contributed by atoms with Crippen molar-refractivity contribution in [1.29, 1.82) is 0 Å².